The van der Waals surface area contributed by atoms with Gasteiger partial charge in [-0.05, 0) is 31.5 Å². The molecule has 0 spiro atoms. The molecule has 0 saturated heterocycles. The fourth-order valence-corrected chi connectivity index (χ4v) is 1.71. The Kier molecular flexibility index (Phi) is 3.06. The van der Waals surface area contributed by atoms with Crippen LogP contribution < -0.4 is 15.8 Å². The first-order valence-electron chi connectivity index (χ1n) is 5.18. The lowest BCUT2D eigenvalue weighted by atomic mass is 10.1. The molecule has 0 amide bonds. The molecule has 0 radical (unpaired) electrons. The Morgan fingerprint density at radius 3 is 3.20 bits per heavy atom. The van der Waals surface area contributed by atoms with Crippen LogP contribution in [-0.2, 0) is 0 Å². The summed E-state index contributed by atoms with van der Waals surface area (Å²) in [6, 6.07) is 4.75. The zero-order valence-corrected chi connectivity index (χ0v) is 8.50. The molecule has 0 aliphatic carbocycles. The van der Waals surface area contributed by atoms with Crippen LogP contribution in [0.15, 0.2) is 18.2 Å². The van der Waals surface area contributed by atoms with E-state index in [0.717, 1.165) is 24.3 Å². The molecule has 0 fully saturated rings. The van der Waals surface area contributed by atoms with Gasteiger partial charge in [0.25, 0.3) is 0 Å². The SMILES string of the molecule is NCCCC1COc2ccc(F)cc2N1. The first-order chi connectivity index (χ1) is 7.29. The molecule has 4 heteroatoms. The highest BCUT2D eigenvalue weighted by atomic mass is 19.1. The Balaban J connectivity index is 2.05. The van der Waals surface area contributed by atoms with Crippen molar-refractivity contribution in [1.29, 1.82) is 0 Å². The fraction of sp³-hybridized carbons (Fsp3) is 0.455. The minimum atomic E-state index is -0.246. The van der Waals surface area contributed by atoms with E-state index in [2.05, 4.69) is 5.32 Å². The summed E-state index contributed by atoms with van der Waals surface area (Å²) in [6.07, 6.45) is 1.90. The zero-order chi connectivity index (χ0) is 10.7. The minimum absolute atomic E-state index is 0.239. The molecule has 1 heterocycles. The Hall–Kier alpha value is -1.29. The number of nitrogens with one attached hydrogen (secondary N) is 1. The van der Waals surface area contributed by atoms with Crippen LogP contribution >= 0.6 is 0 Å². The highest BCUT2D eigenvalue weighted by Gasteiger charge is 2.18. The Bertz CT molecular complexity index is 343. The maximum Gasteiger partial charge on any atom is 0.142 e. The predicted molar refractivity (Wildman–Crippen MR) is 57.6 cm³/mol. The molecule has 3 N–H and O–H groups in total. The average molecular weight is 210 g/mol. The maximum absolute atomic E-state index is 13.0. The van der Waals surface area contributed by atoms with Crippen molar-refractivity contribution in [1.82, 2.24) is 0 Å². The quantitative estimate of drug-likeness (QED) is 0.798. The summed E-state index contributed by atoms with van der Waals surface area (Å²) in [4.78, 5) is 0. The first kappa shape index (κ1) is 10.2. The number of halogens is 1. The van der Waals surface area contributed by atoms with E-state index >= 15 is 0 Å². The van der Waals surface area contributed by atoms with Crippen molar-refractivity contribution in [3.63, 3.8) is 0 Å². The first-order valence-corrected chi connectivity index (χ1v) is 5.18. The van der Waals surface area contributed by atoms with E-state index in [-0.39, 0.29) is 11.9 Å². The third-order valence-electron chi connectivity index (χ3n) is 2.50. The van der Waals surface area contributed by atoms with E-state index in [1.54, 1.807) is 6.07 Å². The molecule has 1 unspecified atom stereocenters. The van der Waals surface area contributed by atoms with Crippen molar-refractivity contribution in [2.75, 3.05) is 18.5 Å². The highest BCUT2D eigenvalue weighted by Crippen LogP contribution is 2.30. The molecule has 2 rings (SSSR count). The van der Waals surface area contributed by atoms with Gasteiger partial charge in [-0.2, -0.15) is 0 Å². The lowest BCUT2D eigenvalue weighted by Gasteiger charge is -2.27. The molecule has 0 bridgehead atoms. The van der Waals surface area contributed by atoms with Crippen LogP contribution in [0.5, 0.6) is 5.75 Å². The monoisotopic (exact) mass is 210 g/mol. The van der Waals surface area contributed by atoms with Gasteiger partial charge >= 0.3 is 0 Å². The molecular formula is C11H15FN2O. The number of benzene rings is 1. The summed E-state index contributed by atoms with van der Waals surface area (Å²) in [5, 5.41) is 3.25. The van der Waals surface area contributed by atoms with Gasteiger partial charge in [-0.1, -0.05) is 0 Å². The van der Waals surface area contributed by atoms with Gasteiger partial charge in [-0.15, -0.1) is 0 Å². The number of rotatable bonds is 3. The zero-order valence-electron chi connectivity index (χ0n) is 8.50. The normalized spacial score (nSPS) is 18.9. The maximum atomic E-state index is 13.0. The van der Waals surface area contributed by atoms with E-state index in [1.807, 2.05) is 0 Å². The summed E-state index contributed by atoms with van der Waals surface area (Å²) in [5.41, 5.74) is 6.17. The molecule has 1 atom stereocenters. The molecule has 0 aromatic heterocycles. The van der Waals surface area contributed by atoms with Crippen LogP contribution in [0, 0.1) is 5.82 Å². The van der Waals surface area contributed by atoms with Gasteiger partial charge in [0.15, 0.2) is 0 Å². The standard InChI is InChI=1S/C11H15FN2O/c12-8-3-4-11-10(6-8)14-9(7-15-11)2-1-5-13/h3-4,6,9,14H,1-2,5,7,13H2. The Morgan fingerprint density at radius 1 is 1.53 bits per heavy atom. The summed E-state index contributed by atoms with van der Waals surface area (Å²) < 4.78 is 18.5. The van der Waals surface area contributed by atoms with Crippen molar-refractivity contribution in [3.05, 3.63) is 24.0 Å². The number of hydrogen-bond donors (Lipinski definition) is 2. The van der Waals surface area contributed by atoms with Crippen LogP contribution in [0.2, 0.25) is 0 Å². The second kappa shape index (κ2) is 4.49. The highest BCUT2D eigenvalue weighted by molar-refractivity contribution is 5.58. The van der Waals surface area contributed by atoms with Crippen LogP contribution in [0.4, 0.5) is 10.1 Å². The number of anilines is 1. The summed E-state index contributed by atoms with van der Waals surface area (Å²) in [6.45, 7) is 1.30. The molecule has 82 valence electrons. The molecule has 0 saturated carbocycles. The summed E-state index contributed by atoms with van der Waals surface area (Å²) in [5.74, 6) is 0.477. The van der Waals surface area contributed by atoms with E-state index in [9.17, 15) is 4.39 Å². The number of hydrogen-bond acceptors (Lipinski definition) is 3. The third-order valence-corrected chi connectivity index (χ3v) is 2.50. The molecule has 3 nitrogen and oxygen atoms in total. The third kappa shape index (κ3) is 2.39. The summed E-state index contributed by atoms with van der Waals surface area (Å²) in [7, 11) is 0. The summed E-state index contributed by atoms with van der Waals surface area (Å²) >= 11 is 0. The second-order valence-corrected chi connectivity index (χ2v) is 3.72. The van der Waals surface area contributed by atoms with Crippen LogP contribution in [0.1, 0.15) is 12.8 Å². The van der Waals surface area contributed by atoms with Crippen molar-refractivity contribution in [2.45, 2.75) is 18.9 Å². The largest absolute Gasteiger partial charge is 0.489 e. The smallest absolute Gasteiger partial charge is 0.142 e. The van der Waals surface area contributed by atoms with Crippen molar-refractivity contribution < 1.29 is 9.13 Å². The van der Waals surface area contributed by atoms with Gasteiger partial charge in [0.2, 0.25) is 0 Å². The molecule has 1 aromatic rings. The predicted octanol–water partition coefficient (Wildman–Crippen LogP) is 1.74. The van der Waals surface area contributed by atoms with Gasteiger partial charge in [-0.25, -0.2) is 4.39 Å². The van der Waals surface area contributed by atoms with Crippen molar-refractivity contribution in [2.24, 2.45) is 5.73 Å². The topological polar surface area (TPSA) is 47.3 Å². The minimum Gasteiger partial charge on any atom is -0.489 e. The Labute approximate surface area is 88.4 Å². The van der Waals surface area contributed by atoms with Crippen molar-refractivity contribution in [3.8, 4) is 5.75 Å². The number of ether oxygens (including phenoxy) is 1. The molecule has 1 aliphatic heterocycles. The van der Waals surface area contributed by atoms with Gasteiger partial charge in [0.1, 0.15) is 18.2 Å². The number of nitrogens with two attached hydrogens (primary N) is 1. The second-order valence-electron chi connectivity index (χ2n) is 3.72. The lowest BCUT2D eigenvalue weighted by molar-refractivity contribution is 0.276. The average Bonchev–Trinajstić information content (AvgIpc) is 2.25. The van der Waals surface area contributed by atoms with E-state index < -0.39 is 0 Å². The van der Waals surface area contributed by atoms with Gasteiger partial charge in [0.05, 0.1) is 11.7 Å². The van der Waals surface area contributed by atoms with E-state index in [0.29, 0.717) is 13.2 Å². The van der Waals surface area contributed by atoms with Crippen LogP contribution in [0.25, 0.3) is 0 Å². The van der Waals surface area contributed by atoms with E-state index in [4.69, 9.17) is 10.5 Å². The van der Waals surface area contributed by atoms with Gasteiger partial charge < -0.3 is 15.8 Å². The molecule has 1 aliphatic rings. The van der Waals surface area contributed by atoms with Gasteiger partial charge in [-0.3, -0.25) is 0 Å². The lowest BCUT2D eigenvalue weighted by Crippen LogP contribution is -2.31. The van der Waals surface area contributed by atoms with Gasteiger partial charge in [0, 0.05) is 6.07 Å². The molecular weight excluding hydrogens is 195 g/mol. The Morgan fingerprint density at radius 2 is 2.40 bits per heavy atom. The fourth-order valence-electron chi connectivity index (χ4n) is 1.71. The van der Waals surface area contributed by atoms with Crippen LogP contribution in [-0.4, -0.2) is 19.2 Å². The number of fused-ring (bicyclic) bond motifs is 1. The molecule has 1 aromatic carbocycles. The van der Waals surface area contributed by atoms with Crippen LogP contribution in [0.3, 0.4) is 0 Å². The van der Waals surface area contributed by atoms with Crippen molar-refractivity contribution >= 4 is 5.69 Å². The van der Waals surface area contributed by atoms with E-state index in [1.165, 1.54) is 12.1 Å². The molecule has 15 heavy (non-hydrogen) atoms.